The molecule has 1 amide bonds. The van der Waals surface area contributed by atoms with Crippen LogP contribution in [0, 0.1) is 40.4 Å². The van der Waals surface area contributed by atoms with Gasteiger partial charge in [-0.05, 0) is 24.6 Å². The van der Waals surface area contributed by atoms with E-state index in [9.17, 15) is 15.3 Å². The van der Waals surface area contributed by atoms with Crippen LogP contribution in [0.25, 0.3) is 5.69 Å². The molecule has 2 N–H and O–H groups in total. The molecule has 7 heteroatoms. The molecule has 1 aliphatic carbocycles. The van der Waals surface area contributed by atoms with Crippen LogP contribution in [0.3, 0.4) is 0 Å². The number of para-hydroxylation sites is 1. The number of hydrogen-bond donors (Lipinski definition) is 1. The summed E-state index contributed by atoms with van der Waals surface area (Å²) in [4.78, 5) is 17.0. The predicted molar refractivity (Wildman–Crippen MR) is 113 cm³/mol. The monoisotopic (exact) mass is 406 g/mol. The summed E-state index contributed by atoms with van der Waals surface area (Å²) in [5.41, 5.74) is 6.84. The Balaban J connectivity index is 1.88. The van der Waals surface area contributed by atoms with Crippen LogP contribution in [-0.2, 0) is 11.2 Å². The largest absolute Gasteiger partial charge is 0.386 e. The normalized spacial score (nSPS) is 26.4. The van der Waals surface area contributed by atoms with Crippen LogP contribution in [0.1, 0.15) is 28.4 Å². The second-order valence-corrected chi connectivity index (χ2v) is 7.95. The maximum Gasteiger partial charge on any atom is 0.270 e. The second-order valence-electron chi connectivity index (χ2n) is 7.95. The molecule has 0 bridgehead atoms. The standard InChI is InChI=1S/C24H18N6O/c1-15-19-18(29-30(15)17-10-6-3-7-11-17)12-23(13-25)22(31)28-21(27)24(23,14-26)20(19)16-8-4-2-5-9-16/h2-11,20H,12H2,1H3,(H2,27,28,31)/t20-,23+,24-/m1/s1. The molecule has 1 aliphatic heterocycles. The minimum atomic E-state index is -1.72. The van der Waals surface area contributed by atoms with Crippen molar-refractivity contribution in [2.24, 2.45) is 21.6 Å². The Morgan fingerprint density at radius 1 is 1.06 bits per heavy atom. The molecule has 0 spiro atoms. The summed E-state index contributed by atoms with van der Waals surface area (Å²) in [7, 11) is 0. The van der Waals surface area contributed by atoms with Gasteiger partial charge in [-0.3, -0.25) is 4.79 Å². The zero-order valence-corrected chi connectivity index (χ0v) is 16.8. The number of nitrogens with two attached hydrogens (primary N) is 1. The number of carbonyl (C=O) groups is 1. The van der Waals surface area contributed by atoms with E-state index < -0.39 is 22.7 Å². The van der Waals surface area contributed by atoms with Crippen LogP contribution in [0.4, 0.5) is 0 Å². The number of nitrogens with zero attached hydrogens (tertiary/aromatic N) is 5. The molecule has 0 saturated heterocycles. The van der Waals surface area contributed by atoms with Crippen molar-refractivity contribution < 1.29 is 4.79 Å². The van der Waals surface area contributed by atoms with Gasteiger partial charge in [0.2, 0.25) is 0 Å². The number of benzene rings is 2. The van der Waals surface area contributed by atoms with Crippen molar-refractivity contribution >= 4 is 11.7 Å². The lowest BCUT2D eigenvalue weighted by Crippen LogP contribution is -2.55. The van der Waals surface area contributed by atoms with Gasteiger partial charge in [-0.1, -0.05) is 48.5 Å². The minimum absolute atomic E-state index is 0.0145. The first-order valence-electron chi connectivity index (χ1n) is 9.90. The van der Waals surface area contributed by atoms with Crippen molar-refractivity contribution in [3.05, 3.63) is 83.2 Å². The summed E-state index contributed by atoms with van der Waals surface area (Å²) < 4.78 is 1.80. The number of aromatic nitrogens is 2. The third kappa shape index (κ3) is 2.18. The Kier molecular flexibility index (Phi) is 3.87. The smallest absolute Gasteiger partial charge is 0.270 e. The third-order valence-electron chi connectivity index (χ3n) is 6.56. The lowest BCUT2D eigenvalue weighted by molar-refractivity contribution is -0.126. The second kappa shape index (κ2) is 6.38. The van der Waals surface area contributed by atoms with Crippen molar-refractivity contribution in [3.8, 4) is 17.8 Å². The summed E-state index contributed by atoms with van der Waals surface area (Å²) in [5.74, 6) is -1.43. The topological polar surface area (TPSA) is 121 Å². The van der Waals surface area contributed by atoms with E-state index in [4.69, 9.17) is 10.8 Å². The van der Waals surface area contributed by atoms with Crippen LogP contribution in [-0.4, -0.2) is 21.5 Å². The fourth-order valence-corrected chi connectivity index (χ4v) is 5.11. The number of nitriles is 2. The highest BCUT2D eigenvalue weighted by Gasteiger charge is 2.71. The summed E-state index contributed by atoms with van der Waals surface area (Å²) >= 11 is 0. The molecule has 2 aliphatic rings. The maximum atomic E-state index is 13.0. The van der Waals surface area contributed by atoms with E-state index in [1.54, 1.807) is 4.68 Å². The highest BCUT2D eigenvalue weighted by atomic mass is 16.2. The predicted octanol–water partition coefficient (Wildman–Crippen LogP) is 2.79. The summed E-state index contributed by atoms with van der Waals surface area (Å²) in [6, 6.07) is 23.4. The van der Waals surface area contributed by atoms with E-state index in [0.29, 0.717) is 5.69 Å². The molecular weight excluding hydrogens is 388 g/mol. The van der Waals surface area contributed by atoms with Crippen LogP contribution in [0.15, 0.2) is 65.7 Å². The van der Waals surface area contributed by atoms with Gasteiger partial charge in [0.05, 0.1) is 23.5 Å². The SMILES string of the molecule is Cc1c2c(nn1-c1ccccc1)C[C@]1(C#N)C(=O)N=C(N)[C@@]1(C#N)[C@@H]2c1ccccc1. The van der Waals surface area contributed by atoms with Gasteiger partial charge in [0, 0.05) is 23.6 Å². The lowest BCUT2D eigenvalue weighted by Gasteiger charge is -2.43. The first-order chi connectivity index (χ1) is 15.0. The number of carbonyl (C=O) groups excluding carboxylic acids is 1. The molecule has 3 atom stereocenters. The van der Waals surface area contributed by atoms with Crippen LogP contribution in [0.5, 0.6) is 0 Å². The molecule has 5 rings (SSSR count). The number of aliphatic imine (C=N–C) groups is 1. The van der Waals surface area contributed by atoms with Crippen LogP contribution in [0.2, 0.25) is 0 Å². The minimum Gasteiger partial charge on any atom is -0.386 e. The zero-order chi connectivity index (χ0) is 21.8. The van der Waals surface area contributed by atoms with Crippen molar-refractivity contribution in [2.75, 3.05) is 0 Å². The fraction of sp³-hybridized carbons (Fsp3) is 0.208. The molecule has 2 aromatic carbocycles. The van der Waals surface area contributed by atoms with Gasteiger partial charge in [0.1, 0.15) is 5.84 Å². The molecule has 3 aromatic rings. The number of amidine groups is 1. The van der Waals surface area contributed by atoms with Crippen molar-refractivity contribution in [1.29, 1.82) is 10.5 Å². The number of fused-ring (bicyclic) bond motifs is 2. The Bertz CT molecular complexity index is 1330. The van der Waals surface area contributed by atoms with Crippen LogP contribution >= 0.6 is 0 Å². The molecule has 31 heavy (non-hydrogen) atoms. The summed E-state index contributed by atoms with van der Waals surface area (Å²) in [5, 5.41) is 25.5. The number of amides is 1. The average molecular weight is 406 g/mol. The quantitative estimate of drug-likeness (QED) is 0.701. The molecule has 0 radical (unpaired) electrons. The Morgan fingerprint density at radius 3 is 2.32 bits per heavy atom. The third-order valence-corrected chi connectivity index (χ3v) is 6.56. The van der Waals surface area contributed by atoms with E-state index >= 15 is 0 Å². The number of hydrogen-bond acceptors (Lipinski definition) is 5. The Morgan fingerprint density at radius 2 is 1.71 bits per heavy atom. The highest BCUT2D eigenvalue weighted by Crippen LogP contribution is 2.61. The molecule has 7 nitrogen and oxygen atoms in total. The van der Waals surface area contributed by atoms with E-state index in [-0.39, 0.29) is 12.3 Å². The van der Waals surface area contributed by atoms with E-state index in [1.165, 1.54) is 0 Å². The van der Waals surface area contributed by atoms with Gasteiger partial charge in [-0.25, -0.2) is 4.68 Å². The molecule has 0 saturated carbocycles. The molecule has 0 fully saturated rings. The Labute approximate surface area is 179 Å². The molecule has 2 heterocycles. The van der Waals surface area contributed by atoms with Crippen molar-refractivity contribution in [3.63, 3.8) is 0 Å². The van der Waals surface area contributed by atoms with E-state index in [1.807, 2.05) is 67.6 Å². The first kappa shape index (κ1) is 18.8. The summed E-state index contributed by atoms with van der Waals surface area (Å²) in [6.07, 6.45) is -0.0145. The van der Waals surface area contributed by atoms with Crippen molar-refractivity contribution in [2.45, 2.75) is 19.3 Å². The van der Waals surface area contributed by atoms with E-state index in [2.05, 4.69) is 17.1 Å². The zero-order valence-electron chi connectivity index (χ0n) is 16.8. The van der Waals surface area contributed by atoms with Crippen LogP contribution < -0.4 is 5.73 Å². The van der Waals surface area contributed by atoms with E-state index in [0.717, 1.165) is 22.5 Å². The highest BCUT2D eigenvalue weighted by molar-refractivity contribution is 6.12. The van der Waals surface area contributed by atoms with Crippen molar-refractivity contribution in [1.82, 2.24) is 9.78 Å². The molecule has 1 aromatic heterocycles. The number of rotatable bonds is 2. The lowest BCUT2D eigenvalue weighted by atomic mass is 9.51. The van der Waals surface area contributed by atoms with Gasteiger partial charge in [-0.2, -0.15) is 20.6 Å². The maximum absolute atomic E-state index is 13.0. The Hall–Kier alpha value is -4.23. The van der Waals surface area contributed by atoms with Gasteiger partial charge in [0.15, 0.2) is 10.8 Å². The van der Waals surface area contributed by atoms with Gasteiger partial charge in [-0.15, -0.1) is 0 Å². The first-order valence-corrected chi connectivity index (χ1v) is 9.90. The van der Waals surface area contributed by atoms with Gasteiger partial charge < -0.3 is 5.73 Å². The average Bonchev–Trinajstić information content (AvgIpc) is 3.24. The molecule has 150 valence electrons. The molecular formula is C24H18N6O. The van der Waals surface area contributed by atoms with Gasteiger partial charge >= 0.3 is 0 Å². The summed E-state index contributed by atoms with van der Waals surface area (Å²) in [6.45, 7) is 1.93. The fourth-order valence-electron chi connectivity index (χ4n) is 5.11. The van der Waals surface area contributed by atoms with Gasteiger partial charge in [0.25, 0.3) is 5.91 Å². The molecule has 0 unspecified atom stereocenters.